The van der Waals surface area contributed by atoms with Crippen molar-refractivity contribution in [3.8, 4) is 0 Å². The van der Waals surface area contributed by atoms with Gasteiger partial charge in [0.25, 0.3) is 0 Å². The average Bonchev–Trinajstić information content (AvgIpc) is 3.80. The predicted octanol–water partition coefficient (Wildman–Crippen LogP) is 6.34. The second-order valence-electron chi connectivity index (χ2n) is 13.6. The third kappa shape index (κ3) is 13.9. The lowest BCUT2D eigenvalue weighted by atomic mass is 9.95. The van der Waals surface area contributed by atoms with Crippen LogP contribution in [0.2, 0.25) is 0 Å². The Morgan fingerprint density at radius 1 is 1.04 bits per heavy atom. The van der Waals surface area contributed by atoms with Gasteiger partial charge in [-0.05, 0) is 59.3 Å². The first kappa shape index (κ1) is 46.0. The van der Waals surface area contributed by atoms with Crippen LogP contribution in [0.3, 0.4) is 0 Å². The van der Waals surface area contributed by atoms with Crippen LogP contribution in [0.4, 0.5) is 0 Å². The van der Waals surface area contributed by atoms with E-state index in [1.807, 2.05) is 6.92 Å². The van der Waals surface area contributed by atoms with Crippen LogP contribution in [0.1, 0.15) is 143 Å². The lowest BCUT2D eigenvalue weighted by Crippen LogP contribution is -2.45. The fourth-order valence-corrected chi connectivity index (χ4v) is 7.48. The number of halogens is 2. The average molecular weight is 851 g/mol. The van der Waals surface area contributed by atoms with Gasteiger partial charge in [-0.25, -0.2) is 19.6 Å². The summed E-state index contributed by atoms with van der Waals surface area (Å²) < 4.78 is 27.2. The van der Waals surface area contributed by atoms with E-state index in [1.54, 1.807) is 20.8 Å². The summed E-state index contributed by atoms with van der Waals surface area (Å²) in [4.78, 5) is 86.9. The number of ether oxygens (including phenoxy) is 5. The van der Waals surface area contributed by atoms with Crippen molar-refractivity contribution in [2.24, 2.45) is 5.92 Å². The fraction of sp³-hybridized carbons (Fsp3) is 0.667. The molecule has 306 valence electrons. The summed E-state index contributed by atoms with van der Waals surface area (Å²) in [6.45, 7) is 10.5. The van der Waals surface area contributed by atoms with Crippen molar-refractivity contribution >= 4 is 81.6 Å². The number of hydrogen-bond acceptors (Lipinski definition) is 16. The SMILES string of the molecule is CCCC(=O)NC(CC)C(CC(=O)OC1COC(=O)c2csc(n2)C(C(C)(O)CC)OC(=O)C(C)C(CCCC(C)(Cl)Cl)OC(=O)c2csc1n2)OC(C)=O. The van der Waals surface area contributed by atoms with Crippen molar-refractivity contribution in [1.29, 1.82) is 0 Å². The van der Waals surface area contributed by atoms with Gasteiger partial charge in [-0.2, -0.15) is 0 Å². The Labute approximate surface area is 338 Å². The highest BCUT2D eigenvalue weighted by Crippen LogP contribution is 2.36. The Balaban J connectivity index is 2.01. The highest BCUT2D eigenvalue weighted by Gasteiger charge is 2.41. The maximum Gasteiger partial charge on any atom is 0.358 e. The molecule has 1 aliphatic rings. The van der Waals surface area contributed by atoms with E-state index >= 15 is 0 Å². The van der Waals surface area contributed by atoms with Gasteiger partial charge in [-0.15, -0.1) is 45.9 Å². The number of aromatic nitrogens is 2. The zero-order chi connectivity index (χ0) is 41.1. The number of esters is 5. The van der Waals surface area contributed by atoms with Gasteiger partial charge in [-0.3, -0.25) is 19.2 Å². The van der Waals surface area contributed by atoms with Gasteiger partial charge in [0.1, 0.15) is 38.8 Å². The molecule has 0 radical (unpaired) electrons. The second-order valence-corrected chi connectivity index (χ2v) is 17.3. The fourth-order valence-electron chi connectivity index (χ4n) is 5.45. The van der Waals surface area contributed by atoms with Crippen LogP contribution in [-0.2, 0) is 42.9 Å². The Hall–Kier alpha value is -3.38. The maximum absolute atomic E-state index is 13.6. The van der Waals surface area contributed by atoms with Crippen LogP contribution in [0.15, 0.2) is 10.8 Å². The molecule has 0 saturated carbocycles. The number of cyclic esters (lactones) is 3. The molecule has 4 bridgehead atoms. The number of thiazole rings is 2. The van der Waals surface area contributed by atoms with E-state index in [0.29, 0.717) is 25.7 Å². The van der Waals surface area contributed by atoms with E-state index in [2.05, 4.69) is 15.3 Å². The van der Waals surface area contributed by atoms with Gasteiger partial charge < -0.3 is 34.1 Å². The van der Waals surface area contributed by atoms with Gasteiger partial charge >= 0.3 is 29.8 Å². The third-order valence-electron chi connectivity index (χ3n) is 8.81. The van der Waals surface area contributed by atoms with Crippen LogP contribution in [0.5, 0.6) is 0 Å². The Morgan fingerprint density at radius 3 is 2.27 bits per heavy atom. The summed E-state index contributed by atoms with van der Waals surface area (Å²) in [5, 5.41) is 17.0. The maximum atomic E-state index is 13.6. The van der Waals surface area contributed by atoms with Gasteiger partial charge in [0, 0.05) is 24.1 Å². The second kappa shape index (κ2) is 20.7. The predicted molar refractivity (Wildman–Crippen MR) is 203 cm³/mol. The van der Waals surface area contributed by atoms with Crippen molar-refractivity contribution < 1.29 is 57.6 Å². The third-order valence-corrected chi connectivity index (χ3v) is 11.0. The molecule has 55 heavy (non-hydrogen) atoms. The number of nitrogens with zero attached hydrogens (tertiary/aromatic N) is 2. The molecule has 0 aliphatic carbocycles. The van der Waals surface area contributed by atoms with Gasteiger partial charge in [-0.1, -0.05) is 20.8 Å². The molecule has 7 atom stereocenters. The van der Waals surface area contributed by atoms with Crippen molar-refractivity contribution in [2.45, 2.75) is 140 Å². The molecule has 7 unspecified atom stereocenters. The molecule has 3 heterocycles. The van der Waals surface area contributed by atoms with Crippen LogP contribution in [-0.4, -0.2) is 85.6 Å². The first-order valence-electron chi connectivity index (χ1n) is 18.0. The topological polar surface area (TPSA) is 207 Å². The number of alkyl halides is 2. The first-order valence-corrected chi connectivity index (χ1v) is 20.6. The molecule has 2 aromatic heterocycles. The van der Waals surface area contributed by atoms with E-state index in [4.69, 9.17) is 46.9 Å². The quantitative estimate of drug-likeness (QED) is 0.114. The summed E-state index contributed by atoms with van der Waals surface area (Å²) in [5.74, 6) is -5.50. The largest absolute Gasteiger partial charge is 0.460 e. The normalized spacial score (nSPS) is 21.8. The van der Waals surface area contributed by atoms with Crippen molar-refractivity contribution in [2.75, 3.05) is 6.61 Å². The number of hydrogen-bond donors (Lipinski definition) is 2. The minimum atomic E-state index is -1.61. The zero-order valence-corrected chi connectivity index (χ0v) is 35.0. The number of amides is 1. The smallest absolute Gasteiger partial charge is 0.358 e. The molecule has 0 fully saturated rings. The van der Waals surface area contributed by atoms with Crippen molar-refractivity contribution in [1.82, 2.24) is 15.3 Å². The molecule has 0 spiro atoms. The van der Waals surface area contributed by atoms with E-state index in [9.17, 15) is 33.9 Å². The molecule has 1 amide bonds. The standard InChI is InChI=1S/C36H49Cl2N3O12S2/c1-8-12-27(43)39-21(9-2)25(50-20(5)42)15-28(44)51-26-16-49-33(46)22-17-55-31(41-22)29(35(6,48)10-3)53-32(45)19(4)24(13-11-14-36(7,37)38)52-34(47)23-18-54-30(26)40-23/h17-19,21,24-26,29,48H,8-16H2,1-7H3,(H,39,43). The monoisotopic (exact) mass is 849 g/mol. The molecule has 1 aliphatic heterocycles. The van der Waals surface area contributed by atoms with Gasteiger partial charge in [0.15, 0.2) is 23.6 Å². The minimum absolute atomic E-state index is 0.0619. The zero-order valence-electron chi connectivity index (χ0n) is 31.9. The molecule has 2 aromatic rings. The Kier molecular flexibility index (Phi) is 17.3. The molecule has 0 aromatic carbocycles. The first-order chi connectivity index (χ1) is 25.8. The van der Waals surface area contributed by atoms with Crippen molar-refractivity contribution in [3.05, 3.63) is 32.2 Å². The lowest BCUT2D eigenvalue weighted by Gasteiger charge is -2.32. The highest BCUT2D eigenvalue weighted by molar-refractivity contribution is 7.10. The van der Waals surface area contributed by atoms with Crippen LogP contribution < -0.4 is 5.32 Å². The summed E-state index contributed by atoms with van der Waals surface area (Å²) in [6.07, 6.45) is -3.13. The number of fused-ring (bicyclic) bond motifs is 4. The minimum Gasteiger partial charge on any atom is -0.460 e. The molecule has 0 saturated heterocycles. The molecular weight excluding hydrogens is 801 g/mol. The number of carbonyl (C=O) groups is 6. The Bertz CT molecular complexity index is 1660. The van der Waals surface area contributed by atoms with Crippen LogP contribution >= 0.6 is 45.9 Å². The molecule has 3 rings (SSSR count). The number of rotatable bonds is 15. The van der Waals surface area contributed by atoms with Crippen LogP contribution in [0, 0.1) is 5.92 Å². The molecule has 19 heteroatoms. The van der Waals surface area contributed by atoms with Crippen molar-refractivity contribution in [3.63, 3.8) is 0 Å². The summed E-state index contributed by atoms with van der Waals surface area (Å²) >= 11 is 14.2. The van der Waals surface area contributed by atoms with E-state index in [0.717, 1.165) is 22.7 Å². The Morgan fingerprint density at radius 2 is 1.67 bits per heavy atom. The van der Waals surface area contributed by atoms with Gasteiger partial charge in [0.05, 0.1) is 18.4 Å². The van der Waals surface area contributed by atoms with E-state index in [1.165, 1.54) is 31.5 Å². The summed E-state index contributed by atoms with van der Waals surface area (Å²) in [5.41, 5.74) is -1.96. The van der Waals surface area contributed by atoms with Crippen LogP contribution in [0.25, 0.3) is 0 Å². The summed E-state index contributed by atoms with van der Waals surface area (Å²) in [7, 11) is 0. The number of nitrogens with one attached hydrogen (secondary N) is 1. The number of carbonyl (C=O) groups excluding carboxylic acids is 6. The lowest BCUT2D eigenvalue weighted by molar-refractivity contribution is -0.173. The van der Waals surface area contributed by atoms with Gasteiger partial charge in [0.2, 0.25) is 5.91 Å². The van der Waals surface area contributed by atoms with E-state index in [-0.39, 0.29) is 46.6 Å². The number of aliphatic hydroxyl groups is 1. The summed E-state index contributed by atoms with van der Waals surface area (Å²) in [6, 6.07) is -0.708. The molecule has 2 N–H and O–H groups in total. The molecular formula is C36H49Cl2N3O12S2. The van der Waals surface area contributed by atoms with E-state index < -0.39 is 89.2 Å². The highest BCUT2D eigenvalue weighted by atomic mass is 35.5. The molecule has 15 nitrogen and oxygen atoms in total.